The number of rotatable bonds is 6. The molecule has 0 saturated carbocycles. The molecule has 2 aromatic carbocycles. The minimum absolute atomic E-state index is 0.0382. The molecule has 4 heteroatoms. The highest BCUT2D eigenvalue weighted by atomic mass is 16.5. The molecule has 1 N–H and O–H groups in total. The SMILES string of the molecule is C=CCOc1ccc(/C=C(\C#N)C(=O)Nc2cccc(C)c2)cc1. The van der Waals surface area contributed by atoms with E-state index in [4.69, 9.17) is 4.74 Å². The highest BCUT2D eigenvalue weighted by molar-refractivity contribution is 6.09. The maximum Gasteiger partial charge on any atom is 0.266 e. The van der Waals surface area contributed by atoms with Crippen LogP contribution in [0.5, 0.6) is 5.75 Å². The molecule has 2 aromatic rings. The number of anilines is 1. The molecule has 0 atom stereocenters. The van der Waals surface area contributed by atoms with Gasteiger partial charge in [0.25, 0.3) is 5.91 Å². The number of nitrogens with zero attached hydrogens (tertiary/aromatic N) is 1. The number of hydrogen-bond acceptors (Lipinski definition) is 3. The zero-order valence-corrected chi connectivity index (χ0v) is 13.5. The van der Waals surface area contributed by atoms with Crippen molar-refractivity contribution in [2.24, 2.45) is 0 Å². The summed E-state index contributed by atoms with van der Waals surface area (Å²) in [6.45, 7) is 5.95. The zero-order valence-electron chi connectivity index (χ0n) is 13.5. The molecular weight excluding hydrogens is 300 g/mol. The fourth-order valence-electron chi connectivity index (χ4n) is 2.05. The van der Waals surface area contributed by atoms with E-state index in [2.05, 4.69) is 11.9 Å². The molecule has 4 nitrogen and oxygen atoms in total. The lowest BCUT2D eigenvalue weighted by Crippen LogP contribution is -2.13. The van der Waals surface area contributed by atoms with Gasteiger partial charge in [-0.05, 0) is 48.4 Å². The van der Waals surface area contributed by atoms with E-state index >= 15 is 0 Å². The van der Waals surface area contributed by atoms with Crippen LogP contribution in [-0.4, -0.2) is 12.5 Å². The summed E-state index contributed by atoms with van der Waals surface area (Å²) < 4.78 is 5.40. The Hall–Kier alpha value is -3.32. The third-order valence-electron chi connectivity index (χ3n) is 3.20. The van der Waals surface area contributed by atoms with Crippen LogP contribution in [0, 0.1) is 18.3 Å². The second-order valence-electron chi connectivity index (χ2n) is 5.16. The highest BCUT2D eigenvalue weighted by Gasteiger charge is 2.09. The molecule has 0 heterocycles. The molecule has 0 saturated heterocycles. The van der Waals surface area contributed by atoms with Gasteiger partial charge in [0, 0.05) is 5.69 Å². The fourth-order valence-corrected chi connectivity index (χ4v) is 2.05. The first kappa shape index (κ1) is 17.0. The van der Waals surface area contributed by atoms with Crippen LogP contribution in [0.3, 0.4) is 0 Å². The van der Waals surface area contributed by atoms with E-state index in [1.165, 1.54) is 0 Å². The third-order valence-corrected chi connectivity index (χ3v) is 3.20. The Morgan fingerprint density at radius 3 is 2.67 bits per heavy atom. The van der Waals surface area contributed by atoms with Gasteiger partial charge in [0.2, 0.25) is 0 Å². The molecule has 0 unspecified atom stereocenters. The van der Waals surface area contributed by atoms with Gasteiger partial charge in [-0.25, -0.2) is 0 Å². The third kappa shape index (κ3) is 4.85. The molecule has 120 valence electrons. The van der Waals surface area contributed by atoms with E-state index in [0.717, 1.165) is 11.1 Å². The number of aryl methyl sites for hydroxylation is 1. The van der Waals surface area contributed by atoms with Crippen molar-refractivity contribution in [2.45, 2.75) is 6.92 Å². The van der Waals surface area contributed by atoms with Gasteiger partial charge in [0.1, 0.15) is 24.0 Å². The molecule has 0 aliphatic rings. The van der Waals surface area contributed by atoms with Crippen molar-refractivity contribution < 1.29 is 9.53 Å². The van der Waals surface area contributed by atoms with Crippen LogP contribution in [-0.2, 0) is 4.79 Å². The molecule has 0 bridgehead atoms. The summed E-state index contributed by atoms with van der Waals surface area (Å²) in [6.07, 6.45) is 3.21. The largest absolute Gasteiger partial charge is 0.490 e. The van der Waals surface area contributed by atoms with E-state index in [1.54, 1.807) is 42.5 Å². The Morgan fingerprint density at radius 1 is 1.29 bits per heavy atom. The standard InChI is InChI=1S/C20H18N2O2/c1-3-11-24-19-9-7-16(8-10-19)13-17(14-21)20(23)22-18-6-4-5-15(2)12-18/h3-10,12-13H,1,11H2,2H3,(H,22,23)/b17-13+. The van der Waals surface area contributed by atoms with Gasteiger partial charge in [0.15, 0.2) is 0 Å². The van der Waals surface area contributed by atoms with Crippen molar-refractivity contribution >= 4 is 17.7 Å². The molecule has 0 spiro atoms. The van der Waals surface area contributed by atoms with Crippen LogP contribution in [0.25, 0.3) is 6.08 Å². The average molecular weight is 318 g/mol. The molecule has 2 rings (SSSR count). The van der Waals surface area contributed by atoms with E-state index in [-0.39, 0.29) is 5.57 Å². The van der Waals surface area contributed by atoms with Gasteiger partial charge in [-0.15, -0.1) is 0 Å². The van der Waals surface area contributed by atoms with Crippen molar-refractivity contribution in [3.8, 4) is 11.8 Å². The number of carbonyl (C=O) groups is 1. The summed E-state index contributed by atoms with van der Waals surface area (Å²) in [5.74, 6) is 0.268. The first-order chi connectivity index (χ1) is 11.6. The lowest BCUT2D eigenvalue weighted by Gasteiger charge is -2.06. The lowest BCUT2D eigenvalue weighted by molar-refractivity contribution is -0.112. The minimum Gasteiger partial charge on any atom is -0.490 e. The molecule has 24 heavy (non-hydrogen) atoms. The second kappa shape index (κ2) is 8.35. The summed E-state index contributed by atoms with van der Waals surface area (Å²) in [7, 11) is 0. The average Bonchev–Trinajstić information content (AvgIpc) is 2.58. The Labute approximate surface area is 141 Å². The van der Waals surface area contributed by atoms with Crippen molar-refractivity contribution in [3.63, 3.8) is 0 Å². The van der Waals surface area contributed by atoms with Crippen molar-refractivity contribution in [1.82, 2.24) is 0 Å². The van der Waals surface area contributed by atoms with Crippen molar-refractivity contribution in [3.05, 3.63) is 77.9 Å². The van der Waals surface area contributed by atoms with Crippen molar-refractivity contribution in [1.29, 1.82) is 5.26 Å². The summed E-state index contributed by atoms with van der Waals surface area (Å²) in [6, 6.07) is 16.5. The first-order valence-corrected chi connectivity index (χ1v) is 7.46. The quantitative estimate of drug-likeness (QED) is 0.495. The molecule has 0 aliphatic heterocycles. The molecule has 0 aliphatic carbocycles. The topological polar surface area (TPSA) is 62.1 Å². The van der Waals surface area contributed by atoms with E-state index in [9.17, 15) is 10.1 Å². The molecule has 0 aromatic heterocycles. The second-order valence-corrected chi connectivity index (χ2v) is 5.16. The Balaban J connectivity index is 2.12. The predicted octanol–water partition coefficient (Wildman–Crippen LogP) is 4.11. The number of carbonyl (C=O) groups excluding carboxylic acids is 1. The summed E-state index contributed by atoms with van der Waals surface area (Å²) in [4.78, 5) is 12.2. The first-order valence-electron chi connectivity index (χ1n) is 7.46. The van der Waals surface area contributed by atoms with Gasteiger partial charge in [-0.1, -0.05) is 36.9 Å². The zero-order chi connectivity index (χ0) is 17.4. The lowest BCUT2D eigenvalue weighted by atomic mass is 10.1. The monoisotopic (exact) mass is 318 g/mol. The Kier molecular flexibility index (Phi) is 5.93. The summed E-state index contributed by atoms with van der Waals surface area (Å²) in [5.41, 5.74) is 2.48. The maximum atomic E-state index is 12.2. The summed E-state index contributed by atoms with van der Waals surface area (Å²) in [5, 5.41) is 12.0. The van der Waals surface area contributed by atoms with E-state index < -0.39 is 5.91 Å². The van der Waals surface area contributed by atoms with Crippen LogP contribution in [0.15, 0.2) is 66.8 Å². The number of nitriles is 1. The number of ether oxygens (including phenoxy) is 1. The number of nitrogens with one attached hydrogen (secondary N) is 1. The normalized spacial score (nSPS) is 10.6. The maximum absolute atomic E-state index is 12.2. The van der Waals surface area contributed by atoms with Gasteiger partial charge in [0.05, 0.1) is 0 Å². The number of hydrogen-bond donors (Lipinski definition) is 1. The summed E-state index contributed by atoms with van der Waals surface area (Å²) >= 11 is 0. The molecular formula is C20H18N2O2. The van der Waals surface area contributed by atoms with Gasteiger partial charge >= 0.3 is 0 Å². The van der Waals surface area contributed by atoms with Gasteiger partial charge < -0.3 is 10.1 Å². The fraction of sp³-hybridized carbons (Fsp3) is 0.100. The molecule has 0 fully saturated rings. The van der Waals surface area contributed by atoms with Crippen LogP contribution < -0.4 is 10.1 Å². The van der Waals surface area contributed by atoms with Crippen LogP contribution in [0.1, 0.15) is 11.1 Å². The van der Waals surface area contributed by atoms with Crippen LogP contribution in [0.4, 0.5) is 5.69 Å². The predicted molar refractivity (Wildman–Crippen MR) is 95.5 cm³/mol. The molecule has 0 radical (unpaired) electrons. The Bertz CT molecular complexity index is 799. The smallest absolute Gasteiger partial charge is 0.266 e. The van der Waals surface area contributed by atoms with Crippen molar-refractivity contribution in [2.75, 3.05) is 11.9 Å². The van der Waals surface area contributed by atoms with Gasteiger partial charge in [-0.3, -0.25) is 4.79 Å². The number of benzene rings is 2. The van der Waals surface area contributed by atoms with Crippen LogP contribution in [0.2, 0.25) is 0 Å². The number of amides is 1. The van der Waals surface area contributed by atoms with Crippen LogP contribution >= 0.6 is 0 Å². The van der Waals surface area contributed by atoms with E-state index in [1.807, 2.05) is 31.2 Å². The van der Waals surface area contributed by atoms with E-state index in [0.29, 0.717) is 18.0 Å². The van der Waals surface area contributed by atoms with Gasteiger partial charge in [-0.2, -0.15) is 5.26 Å². The Morgan fingerprint density at radius 2 is 2.04 bits per heavy atom. The minimum atomic E-state index is -0.435. The molecule has 1 amide bonds. The highest BCUT2D eigenvalue weighted by Crippen LogP contribution is 2.16.